The Balaban J connectivity index is 1.42. The molecule has 0 atom stereocenters. The summed E-state index contributed by atoms with van der Waals surface area (Å²) in [6.07, 6.45) is 7.85. The zero-order chi connectivity index (χ0) is 22.3. The molecule has 3 N–H and O–H groups in total. The zero-order valence-electron chi connectivity index (χ0n) is 17.6. The minimum Gasteiger partial charge on any atom is -0.361 e. The van der Waals surface area contributed by atoms with E-state index in [9.17, 15) is 4.79 Å². The van der Waals surface area contributed by atoms with Crippen LogP contribution in [0.3, 0.4) is 0 Å². The van der Waals surface area contributed by atoms with Crippen LogP contribution >= 0.6 is 23.2 Å². The number of para-hydroxylation sites is 1. The van der Waals surface area contributed by atoms with Crippen molar-refractivity contribution in [2.24, 2.45) is 0 Å². The standard InChI is InChI=1S/C24H25Cl2N5O/c25-21-8-3-5-18(23(21)26)15-31(24(32)28-11-4-6-19-14-27-16-30-19)12-10-17-13-29-22-9-2-1-7-20(17)22/h1-3,5,7-9,13-14,16,29H,4,6,10-12,15H2,(H,27,30)(H,28,32). The molecule has 0 aliphatic rings. The summed E-state index contributed by atoms with van der Waals surface area (Å²) in [5.41, 5.74) is 4.15. The molecular weight excluding hydrogens is 445 g/mol. The highest BCUT2D eigenvalue weighted by atomic mass is 35.5. The number of hydrogen-bond acceptors (Lipinski definition) is 2. The van der Waals surface area contributed by atoms with Crippen molar-refractivity contribution >= 4 is 40.1 Å². The van der Waals surface area contributed by atoms with Crippen molar-refractivity contribution in [3.63, 3.8) is 0 Å². The topological polar surface area (TPSA) is 76.8 Å². The Bertz CT molecular complexity index is 1170. The monoisotopic (exact) mass is 469 g/mol. The van der Waals surface area contributed by atoms with E-state index >= 15 is 0 Å². The fraction of sp³-hybridized carbons (Fsp3) is 0.250. The van der Waals surface area contributed by atoms with Crippen molar-refractivity contribution in [3.05, 3.63) is 88.1 Å². The zero-order valence-corrected chi connectivity index (χ0v) is 19.1. The summed E-state index contributed by atoms with van der Waals surface area (Å²) in [5, 5.41) is 5.18. The number of carbonyl (C=O) groups excluding carboxylic acids is 1. The van der Waals surface area contributed by atoms with Gasteiger partial charge in [-0.3, -0.25) is 0 Å². The normalized spacial score (nSPS) is 11.1. The smallest absolute Gasteiger partial charge is 0.317 e. The van der Waals surface area contributed by atoms with Crippen LogP contribution in [-0.4, -0.2) is 39.0 Å². The van der Waals surface area contributed by atoms with Gasteiger partial charge in [-0.2, -0.15) is 0 Å². The third-order valence-corrected chi connectivity index (χ3v) is 6.32. The Morgan fingerprint density at radius 1 is 1.03 bits per heavy atom. The third kappa shape index (κ3) is 5.44. The van der Waals surface area contributed by atoms with E-state index in [2.05, 4.69) is 32.4 Å². The number of urea groups is 1. The molecule has 166 valence electrons. The minimum absolute atomic E-state index is 0.120. The van der Waals surface area contributed by atoms with Crippen LogP contribution in [0.1, 0.15) is 23.2 Å². The third-order valence-electron chi connectivity index (χ3n) is 5.46. The van der Waals surface area contributed by atoms with Crippen LogP contribution in [0.4, 0.5) is 4.79 Å². The Morgan fingerprint density at radius 3 is 2.75 bits per heavy atom. The van der Waals surface area contributed by atoms with Crippen LogP contribution in [0.5, 0.6) is 0 Å². The lowest BCUT2D eigenvalue weighted by Gasteiger charge is -2.24. The number of aromatic amines is 2. The maximum atomic E-state index is 13.0. The molecule has 2 heterocycles. The molecule has 0 saturated carbocycles. The second kappa shape index (κ2) is 10.6. The predicted octanol–water partition coefficient (Wildman–Crippen LogP) is 5.58. The molecule has 6 nitrogen and oxygen atoms in total. The molecule has 0 aliphatic heterocycles. The molecule has 0 radical (unpaired) electrons. The first-order valence-electron chi connectivity index (χ1n) is 10.6. The number of imidazole rings is 1. The molecular formula is C24H25Cl2N5O. The highest BCUT2D eigenvalue weighted by Gasteiger charge is 2.17. The van der Waals surface area contributed by atoms with Gasteiger partial charge in [0.1, 0.15) is 0 Å². The molecule has 2 aromatic carbocycles. The van der Waals surface area contributed by atoms with E-state index in [1.54, 1.807) is 23.5 Å². The van der Waals surface area contributed by atoms with E-state index < -0.39 is 0 Å². The van der Waals surface area contributed by atoms with E-state index in [1.165, 1.54) is 10.9 Å². The summed E-state index contributed by atoms with van der Waals surface area (Å²) in [4.78, 5) is 25.2. The number of aromatic nitrogens is 3. The van der Waals surface area contributed by atoms with Gasteiger partial charge in [-0.1, -0.05) is 53.5 Å². The van der Waals surface area contributed by atoms with Crippen LogP contribution < -0.4 is 5.32 Å². The Kier molecular flexibility index (Phi) is 7.35. The van der Waals surface area contributed by atoms with Crippen LogP contribution in [0, 0.1) is 0 Å². The number of H-pyrrole nitrogens is 2. The van der Waals surface area contributed by atoms with E-state index in [1.807, 2.05) is 30.5 Å². The summed E-state index contributed by atoms with van der Waals surface area (Å²) >= 11 is 12.6. The van der Waals surface area contributed by atoms with E-state index in [0.717, 1.165) is 36.0 Å². The second-order valence-corrected chi connectivity index (χ2v) is 8.44. The first-order chi connectivity index (χ1) is 15.6. The van der Waals surface area contributed by atoms with E-state index in [4.69, 9.17) is 23.2 Å². The van der Waals surface area contributed by atoms with E-state index in [-0.39, 0.29) is 6.03 Å². The molecule has 0 saturated heterocycles. The fourth-order valence-corrected chi connectivity index (χ4v) is 4.11. The number of benzene rings is 2. The number of aryl methyl sites for hydroxylation is 1. The van der Waals surface area contributed by atoms with Gasteiger partial charge >= 0.3 is 6.03 Å². The van der Waals surface area contributed by atoms with Gasteiger partial charge in [-0.25, -0.2) is 9.78 Å². The second-order valence-electron chi connectivity index (χ2n) is 7.66. The lowest BCUT2D eigenvalue weighted by molar-refractivity contribution is 0.195. The Morgan fingerprint density at radius 2 is 1.91 bits per heavy atom. The SMILES string of the molecule is O=C(NCCCc1cnc[nH]1)N(CCc1c[nH]c2ccccc12)Cc1cccc(Cl)c1Cl. The first-order valence-corrected chi connectivity index (χ1v) is 11.4. The molecule has 0 spiro atoms. The van der Waals surface area contributed by atoms with Gasteiger partial charge in [0.25, 0.3) is 0 Å². The highest BCUT2D eigenvalue weighted by Crippen LogP contribution is 2.27. The van der Waals surface area contributed by atoms with Crippen molar-refractivity contribution < 1.29 is 4.79 Å². The first kappa shape index (κ1) is 22.2. The van der Waals surface area contributed by atoms with Gasteiger partial charge in [0.15, 0.2) is 0 Å². The molecule has 32 heavy (non-hydrogen) atoms. The van der Waals surface area contributed by atoms with Gasteiger partial charge in [-0.15, -0.1) is 0 Å². The van der Waals surface area contributed by atoms with Crippen LogP contribution in [0.25, 0.3) is 10.9 Å². The van der Waals surface area contributed by atoms with Crippen LogP contribution in [0.2, 0.25) is 10.0 Å². The van der Waals surface area contributed by atoms with Gasteiger partial charge in [0.2, 0.25) is 0 Å². The molecule has 0 unspecified atom stereocenters. The number of halogens is 2. The molecule has 0 fully saturated rings. The number of fused-ring (bicyclic) bond motifs is 1. The van der Waals surface area contributed by atoms with Crippen molar-refractivity contribution in [3.8, 4) is 0 Å². The fourth-order valence-electron chi connectivity index (χ4n) is 3.73. The summed E-state index contributed by atoms with van der Waals surface area (Å²) in [6.45, 7) is 1.51. The molecule has 4 rings (SSSR count). The quantitative estimate of drug-likeness (QED) is 0.279. The summed E-state index contributed by atoms with van der Waals surface area (Å²) in [5.74, 6) is 0. The average Bonchev–Trinajstić information content (AvgIpc) is 3.47. The van der Waals surface area contributed by atoms with Crippen LogP contribution in [-0.2, 0) is 19.4 Å². The average molecular weight is 470 g/mol. The summed E-state index contributed by atoms with van der Waals surface area (Å²) in [6, 6.07) is 13.6. The molecule has 0 bridgehead atoms. The Hall–Kier alpha value is -2.96. The van der Waals surface area contributed by atoms with Gasteiger partial charge in [0, 0.05) is 48.6 Å². The number of rotatable bonds is 9. The molecule has 4 aromatic rings. The largest absolute Gasteiger partial charge is 0.361 e. The molecule has 2 amide bonds. The predicted molar refractivity (Wildman–Crippen MR) is 129 cm³/mol. The number of nitrogens with one attached hydrogen (secondary N) is 3. The molecule has 2 aromatic heterocycles. The number of hydrogen-bond donors (Lipinski definition) is 3. The van der Waals surface area contributed by atoms with Crippen LogP contribution in [0.15, 0.2) is 61.2 Å². The number of carbonyl (C=O) groups is 1. The van der Waals surface area contributed by atoms with Crippen molar-refractivity contribution in [2.75, 3.05) is 13.1 Å². The minimum atomic E-state index is -0.120. The molecule has 8 heteroatoms. The van der Waals surface area contributed by atoms with Crippen molar-refractivity contribution in [1.29, 1.82) is 0 Å². The summed E-state index contributed by atoms with van der Waals surface area (Å²) in [7, 11) is 0. The number of nitrogens with zero attached hydrogens (tertiary/aromatic N) is 2. The number of amides is 2. The van der Waals surface area contributed by atoms with Crippen molar-refractivity contribution in [1.82, 2.24) is 25.2 Å². The van der Waals surface area contributed by atoms with Gasteiger partial charge in [-0.05, 0) is 42.5 Å². The maximum Gasteiger partial charge on any atom is 0.317 e. The highest BCUT2D eigenvalue weighted by molar-refractivity contribution is 6.42. The van der Waals surface area contributed by atoms with Crippen molar-refractivity contribution in [2.45, 2.75) is 25.8 Å². The summed E-state index contributed by atoms with van der Waals surface area (Å²) < 4.78 is 0. The molecule has 0 aliphatic carbocycles. The Labute approximate surface area is 196 Å². The van der Waals surface area contributed by atoms with E-state index in [0.29, 0.717) is 29.7 Å². The van der Waals surface area contributed by atoms with Gasteiger partial charge < -0.3 is 20.2 Å². The maximum absolute atomic E-state index is 13.0. The van der Waals surface area contributed by atoms with Gasteiger partial charge in [0.05, 0.1) is 16.4 Å². The lowest BCUT2D eigenvalue weighted by Crippen LogP contribution is -2.41. The lowest BCUT2D eigenvalue weighted by atomic mass is 10.1.